The fraction of sp³-hybridized carbons (Fsp3) is 0.364. The lowest BCUT2D eigenvalue weighted by Gasteiger charge is -2.27. The minimum Gasteiger partial charge on any atom is -0.378 e. The van der Waals surface area contributed by atoms with Gasteiger partial charge in [-0.15, -0.1) is 0 Å². The number of morpholine rings is 1. The van der Waals surface area contributed by atoms with Gasteiger partial charge in [-0.3, -0.25) is 0 Å². The van der Waals surface area contributed by atoms with Gasteiger partial charge in [0.05, 0.1) is 13.2 Å². The van der Waals surface area contributed by atoms with Gasteiger partial charge in [0, 0.05) is 55.7 Å². The zero-order valence-corrected chi connectivity index (χ0v) is 18.3. The smallest absolute Gasteiger partial charge is 0.270 e. The summed E-state index contributed by atoms with van der Waals surface area (Å²) in [5, 5.41) is 0.847. The fourth-order valence-electron chi connectivity index (χ4n) is 4.10. The van der Waals surface area contributed by atoms with Crippen molar-refractivity contribution in [2.24, 2.45) is 0 Å². The SMILES string of the molecule is CN1CC=C(c2cn(S(=O)(=O)c3ccc(N4CCOCC4)nc3)c3ncccc23)CC1. The summed E-state index contributed by atoms with van der Waals surface area (Å²) in [6.45, 7) is 4.59. The van der Waals surface area contributed by atoms with E-state index >= 15 is 0 Å². The topological polar surface area (TPSA) is 80.6 Å². The van der Waals surface area contributed by atoms with Gasteiger partial charge < -0.3 is 14.5 Å². The van der Waals surface area contributed by atoms with Crippen molar-refractivity contribution in [1.29, 1.82) is 0 Å². The second-order valence-electron chi connectivity index (χ2n) is 7.91. The summed E-state index contributed by atoms with van der Waals surface area (Å²) in [7, 11) is -1.75. The Bertz CT molecular complexity index is 1230. The minimum atomic E-state index is -3.83. The van der Waals surface area contributed by atoms with Crippen LogP contribution in [0.3, 0.4) is 0 Å². The van der Waals surface area contributed by atoms with Crippen molar-refractivity contribution in [2.75, 3.05) is 51.3 Å². The average molecular weight is 440 g/mol. The summed E-state index contributed by atoms with van der Waals surface area (Å²) in [4.78, 5) is 13.3. The predicted molar refractivity (Wildman–Crippen MR) is 120 cm³/mol. The fourth-order valence-corrected chi connectivity index (χ4v) is 5.37. The van der Waals surface area contributed by atoms with Crippen LogP contribution in [0.4, 0.5) is 5.82 Å². The van der Waals surface area contributed by atoms with Gasteiger partial charge in [0.1, 0.15) is 10.7 Å². The second-order valence-corrected chi connectivity index (χ2v) is 9.73. The molecule has 3 aromatic rings. The maximum absolute atomic E-state index is 13.5. The van der Waals surface area contributed by atoms with Crippen LogP contribution >= 0.6 is 0 Å². The van der Waals surface area contributed by atoms with Crippen LogP contribution in [-0.2, 0) is 14.8 Å². The van der Waals surface area contributed by atoms with Crippen molar-refractivity contribution in [1.82, 2.24) is 18.8 Å². The van der Waals surface area contributed by atoms with E-state index in [1.165, 1.54) is 10.2 Å². The first-order valence-corrected chi connectivity index (χ1v) is 11.9. The summed E-state index contributed by atoms with van der Waals surface area (Å²) >= 11 is 0. The van der Waals surface area contributed by atoms with Crippen LogP contribution in [0.1, 0.15) is 12.0 Å². The molecule has 0 amide bonds. The molecule has 2 aliphatic heterocycles. The van der Waals surface area contributed by atoms with E-state index in [1.807, 2.05) is 12.1 Å². The number of nitrogens with zero attached hydrogens (tertiary/aromatic N) is 5. The largest absolute Gasteiger partial charge is 0.378 e. The quantitative estimate of drug-likeness (QED) is 0.617. The molecule has 2 aliphatic rings. The highest BCUT2D eigenvalue weighted by atomic mass is 32.2. The summed E-state index contributed by atoms with van der Waals surface area (Å²) in [6, 6.07) is 7.16. The lowest BCUT2D eigenvalue weighted by molar-refractivity contribution is 0.122. The normalized spacial score (nSPS) is 18.4. The molecule has 5 rings (SSSR count). The molecule has 31 heavy (non-hydrogen) atoms. The number of hydrogen-bond acceptors (Lipinski definition) is 7. The molecule has 0 aliphatic carbocycles. The molecule has 1 fully saturated rings. The number of aromatic nitrogens is 3. The molecule has 0 saturated carbocycles. The van der Waals surface area contributed by atoms with Crippen molar-refractivity contribution < 1.29 is 13.2 Å². The van der Waals surface area contributed by atoms with Crippen LogP contribution in [0, 0.1) is 0 Å². The molecule has 0 bridgehead atoms. The van der Waals surface area contributed by atoms with Crippen molar-refractivity contribution in [3.63, 3.8) is 0 Å². The number of pyridine rings is 2. The first-order chi connectivity index (χ1) is 15.0. The number of ether oxygens (including phenoxy) is 1. The van der Waals surface area contributed by atoms with Gasteiger partial charge in [-0.1, -0.05) is 6.08 Å². The third-order valence-electron chi connectivity index (χ3n) is 5.90. The molecule has 9 heteroatoms. The second kappa shape index (κ2) is 8.07. The lowest BCUT2D eigenvalue weighted by atomic mass is 10.00. The van der Waals surface area contributed by atoms with Crippen LogP contribution in [0.2, 0.25) is 0 Å². The molecular formula is C22H25N5O3S. The van der Waals surface area contributed by atoms with Crippen molar-refractivity contribution >= 4 is 32.4 Å². The molecule has 8 nitrogen and oxygen atoms in total. The van der Waals surface area contributed by atoms with Gasteiger partial charge in [-0.25, -0.2) is 22.4 Å². The predicted octanol–water partition coefficient (Wildman–Crippen LogP) is 2.22. The number of hydrogen-bond donors (Lipinski definition) is 0. The molecular weight excluding hydrogens is 414 g/mol. The summed E-state index contributed by atoms with van der Waals surface area (Å²) < 4.78 is 33.7. The molecule has 0 N–H and O–H groups in total. The Kier molecular flexibility index (Phi) is 5.25. The van der Waals surface area contributed by atoms with E-state index < -0.39 is 10.0 Å². The first-order valence-electron chi connectivity index (χ1n) is 10.4. The van der Waals surface area contributed by atoms with Crippen LogP contribution in [0.15, 0.2) is 53.8 Å². The summed E-state index contributed by atoms with van der Waals surface area (Å²) in [6.07, 6.45) is 7.81. The number of likely N-dealkylation sites (N-methyl/N-ethyl adjacent to an activating group) is 1. The standard InChI is InChI=1S/C22H25N5O3S/c1-25-9-6-17(7-10-25)20-16-27(22-19(20)3-2-8-23-22)31(28,29)18-4-5-21(24-15-18)26-11-13-30-14-12-26/h2-6,8,15-16H,7,9-14H2,1H3. The molecule has 162 valence electrons. The van der Waals surface area contributed by atoms with Crippen molar-refractivity contribution in [3.8, 4) is 0 Å². The minimum absolute atomic E-state index is 0.149. The number of rotatable bonds is 4. The van der Waals surface area contributed by atoms with E-state index in [-0.39, 0.29) is 4.90 Å². The molecule has 0 spiro atoms. The Balaban J connectivity index is 1.54. The van der Waals surface area contributed by atoms with E-state index in [0.29, 0.717) is 18.9 Å². The molecule has 0 unspecified atom stereocenters. The zero-order chi connectivity index (χ0) is 21.4. The van der Waals surface area contributed by atoms with Crippen molar-refractivity contribution in [2.45, 2.75) is 11.3 Å². The third kappa shape index (κ3) is 3.73. The van der Waals surface area contributed by atoms with E-state index in [0.717, 1.165) is 54.9 Å². The summed E-state index contributed by atoms with van der Waals surface area (Å²) in [5.74, 6) is 0.759. The number of anilines is 1. The van der Waals surface area contributed by atoms with Gasteiger partial charge in [0.15, 0.2) is 5.65 Å². The lowest BCUT2D eigenvalue weighted by Crippen LogP contribution is -2.36. The monoisotopic (exact) mass is 439 g/mol. The molecule has 5 heterocycles. The Morgan fingerprint density at radius 1 is 1.06 bits per heavy atom. The highest BCUT2D eigenvalue weighted by Crippen LogP contribution is 2.32. The maximum Gasteiger partial charge on any atom is 0.270 e. The Labute approximate surface area is 181 Å². The van der Waals surface area contributed by atoms with Crippen LogP contribution < -0.4 is 4.90 Å². The molecule has 0 atom stereocenters. The molecule has 0 aromatic carbocycles. The van der Waals surface area contributed by atoms with E-state index in [4.69, 9.17) is 4.74 Å². The summed E-state index contributed by atoms with van der Waals surface area (Å²) in [5.41, 5.74) is 2.53. The maximum atomic E-state index is 13.5. The van der Waals surface area contributed by atoms with Gasteiger partial charge in [-0.05, 0) is 43.3 Å². The van der Waals surface area contributed by atoms with Gasteiger partial charge in [0.2, 0.25) is 0 Å². The zero-order valence-electron chi connectivity index (χ0n) is 17.4. The Morgan fingerprint density at radius 2 is 1.90 bits per heavy atom. The van der Waals surface area contributed by atoms with E-state index in [2.05, 4.69) is 32.9 Å². The highest BCUT2D eigenvalue weighted by Gasteiger charge is 2.25. The van der Waals surface area contributed by atoms with E-state index in [1.54, 1.807) is 24.5 Å². The Morgan fingerprint density at radius 3 is 2.61 bits per heavy atom. The van der Waals surface area contributed by atoms with Crippen LogP contribution in [0.25, 0.3) is 16.6 Å². The average Bonchev–Trinajstić information content (AvgIpc) is 3.21. The molecule has 0 radical (unpaired) electrons. The molecule has 3 aromatic heterocycles. The number of fused-ring (bicyclic) bond motifs is 1. The van der Waals surface area contributed by atoms with Crippen molar-refractivity contribution in [3.05, 3.63) is 54.5 Å². The highest BCUT2D eigenvalue weighted by molar-refractivity contribution is 7.90. The first kappa shape index (κ1) is 20.2. The van der Waals surface area contributed by atoms with E-state index in [9.17, 15) is 8.42 Å². The van der Waals surface area contributed by atoms with Gasteiger partial charge in [-0.2, -0.15) is 0 Å². The third-order valence-corrected chi connectivity index (χ3v) is 7.54. The Hall–Kier alpha value is -2.75. The van der Waals surface area contributed by atoms with Crippen LogP contribution in [0.5, 0.6) is 0 Å². The van der Waals surface area contributed by atoms with Gasteiger partial charge in [0.25, 0.3) is 10.0 Å². The van der Waals surface area contributed by atoms with Crippen LogP contribution in [-0.4, -0.2) is 73.7 Å². The van der Waals surface area contributed by atoms with Gasteiger partial charge >= 0.3 is 0 Å². The molecule has 1 saturated heterocycles.